The largest absolute Gasteiger partial charge is 0.481 e. The van der Waals surface area contributed by atoms with E-state index in [4.69, 9.17) is 9.84 Å². The predicted octanol–water partition coefficient (Wildman–Crippen LogP) is 1.96. The Morgan fingerprint density at radius 1 is 1.33 bits per heavy atom. The Hall–Kier alpha value is -2.08. The first kappa shape index (κ1) is 15.3. The van der Waals surface area contributed by atoms with Gasteiger partial charge < -0.3 is 20.1 Å². The average Bonchev–Trinajstić information content (AvgIpc) is 2.39. The van der Waals surface area contributed by atoms with Crippen LogP contribution in [0.1, 0.15) is 19.4 Å². The van der Waals surface area contributed by atoms with Crippen molar-refractivity contribution in [3.63, 3.8) is 0 Å². The molecule has 0 saturated carbocycles. The van der Waals surface area contributed by atoms with Gasteiger partial charge in [-0.15, -0.1) is 0 Å². The van der Waals surface area contributed by atoms with Gasteiger partial charge in [0.2, 0.25) is 0 Å². The molecule has 1 aliphatic rings. The monoisotopic (exact) mass is 292 g/mol. The van der Waals surface area contributed by atoms with Crippen molar-refractivity contribution in [2.75, 3.05) is 25.1 Å². The van der Waals surface area contributed by atoms with Crippen molar-refractivity contribution in [2.45, 2.75) is 25.8 Å². The number of hydrogen-bond donors (Lipinski definition) is 2. The minimum atomic E-state index is -0.873. The van der Waals surface area contributed by atoms with Crippen LogP contribution in [-0.4, -0.2) is 47.3 Å². The number of carbonyl (C=O) groups is 2. The molecule has 1 aromatic carbocycles. The highest BCUT2D eigenvalue weighted by Gasteiger charge is 2.34. The van der Waals surface area contributed by atoms with Crippen LogP contribution in [-0.2, 0) is 16.0 Å². The number of nitrogens with zero attached hydrogens (tertiary/aromatic N) is 1. The Bertz CT molecular complexity index is 525. The minimum absolute atomic E-state index is 0.0231. The molecule has 1 fully saturated rings. The number of aliphatic carboxylic acids is 1. The summed E-state index contributed by atoms with van der Waals surface area (Å²) in [5.74, 6) is -0.873. The highest BCUT2D eigenvalue weighted by atomic mass is 16.5. The highest BCUT2D eigenvalue weighted by molar-refractivity contribution is 5.90. The zero-order valence-corrected chi connectivity index (χ0v) is 12.3. The highest BCUT2D eigenvalue weighted by Crippen LogP contribution is 2.20. The maximum atomic E-state index is 12.3. The molecule has 1 heterocycles. The van der Waals surface area contributed by atoms with Crippen molar-refractivity contribution in [1.29, 1.82) is 0 Å². The van der Waals surface area contributed by atoms with E-state index in [2.05, 4.69) is 5.32 Å². The molecule has 0 atom stereocenters. The molecule has 0 aliphatic carbocycles. The van der Waals surface area contributed by atoms with Crippen LogP contribution in [0.15, 0.2) is 24.3 Å². The van der Waals surface area contributed by atoms with Gasteiger partial charge >= 0.3 is 12.0 Å². The van der Waals surface area contributed by atoms with E-state index in [9.17, 15) is 9.59 Å². The van der Waals surface area contributed by atoms with E-state index in [1.54, 1.807) is 29.2 Å². The first-order valence-corrected chi connectivity index (χ1v) is 6.85. The van der Waals surface area contributed by atoms with Gasteiger partial charge in [-0.2, -0.15) is 0 Å². The van der Waals surface area contributed by atoms with E-state index in [1.807, 2.05) is 13.8 Å². The smallest absolute Gasteiger partial charge is 0.322 e. The van der Waals surface area contributed by atoms with Crippen molar-refractivity contribution in [3.05, 3.63) is 29.8 Å². The molecule has 21 heavy (non-hydrogen) atoms. The zero-order chi connectivity index (χ0) is 15.5. The van der Waals surface area contributed by atoms with E-state index in [1.165, 1.54) is 0 Å². The van der Waals surface area contributed by atoms with Gasteiger partial charge in [-0.05, 0) is 31.5 Å². The first-order valence-electron chi connectivity index (χ1n) is 6.85. The van der Waals surface area contributed by atoms with Crippen LogP contribution in [0, 0.1) is 0 Å². The first-order chi connectivity index (χ1) is 9.88. The van der Waals surface area contributed by atoms with Crippen molar-refractivity contribution < 1.29 is 19.4 Å². The predicted molar refractivity (Wildman–Crippen MR) is 78.4 cm³/mol. The summed E-state index contributed by atoms with van der Waals surface area (Å²) in [7, 11) is 0. The number of hydrogen-bond acceptors (Lipinski definition) is 3. The minimum Gasteiger partial charge on any atom is -0.481 e. The van der Waals surface area contributed by atoms with Gasteiger partial charge in [-0.3, -0.25) is 4.79 Å². The summed E-state index contributed by atoms with van der Waals surface area (Å²) in [4.78, 5) is 24.7. The van der Waals surface area contributed by atoms with Crippen LogP contribution in [0.2, 0.25) is 0 Å². The summed E-state index contributed by atoms with van der Waals surface area (Å²) in [5.41, 5.74) is 1.01. The number of urea groups is 1. The molecule has 0 aromatic heterocycles. The summed E-state index contributed by atoms with van der Waals surface area (Å²) in [5, 5.41) is 11.6. The molecule has 2 amide bonds. The maximum Gasteiger partial charge on any atom is 0.322 e. The number of benzene rings is 1. The number of rotatable bonds is 3. The molecule has 2 N–H and O–H groups in total. The lowest BCUT2D eigenvalue weighted by atomic mass is 10.0. The molecular formula is C15H20N2O4. The molecule has 1 saturated heterocycles. The van der Waals surface area contributed by atoms with Crippen LogP contribution in [0.25, 0.3) is 0 Å². The summed E-state index contributed by atoms with van der Waals surface area (Å²) < 4.78 is 5.39. The van der Waals surface area contributed by atoms with Crippen LogP contribution in [0.5, 0.6) is 0 Å². The summed E-state index contributed by atoms with van der Waals surface area (Å²) in [6, 6.07) is 6.66. The van der Waals surface area contributed by atoms with Gasteiger partial charge in [0.15, 0.2) is 0 Å². The second-order valence-electron chi connectivity index (χ2n) is 5.71. The lowest BCUT2D eigenvalue weighted by Crippen LogP contribution is -2.56. The molecule has 6 heteroatoms. The van der Waals surface area contributed by atoms with Gasteiger partial charge in [0.1, 0.15) is 0 Å². The second kappa shape index (κ2) is 6.13. The van der Waals surface area contributed by atoms with Crippen molar-refractivity contribution >= 4 is 17.7 Å². The molecular weight excluding hydrogens is 272 g/mol. The average molecular weight is 292 g/mol. The lowest BCUT2D eigenvalue weighted by Gasteiger charge is -2.41. The van der Waals surface area contributed by atoms with Crippen LogP contribution in [0.4, 0.5) is 10.5 Å². The number of carbonyl (C=O) groups excluding carboxylic acids is 1. The van der Waals surface area contributed by atoms with E-state index < -0.39 is 5.97 Å². The molecule has 0 radical (unpaired) electrons. The number of ether oxygens (including phenoxy) is 1. The van der Waals surface area contributed by atoms with Crippen molar-refractivity contribution in [3.8, 4) is 0 Å². The standard InChI is InChI=1S/C15H20N2O4/c1-15(2)10-21-8-7-17(15)14(20)16-12-5-3-11(4-6-12)9-13(18)19/h3-6H,7-10H2,1-2H3,(H,16,20)(H,18,19). The zero-order valence-electron chi connectivity index (χ0n) is 12.3. The summed E-state index contributed by atoms with van der Waals surface area (Å²) in [6.07, 6.45) is -0.0231. The number of anilines is 1. The summed E-state index contributed by atoms with van der Waals surface area (Å²) >= 11 is 0. The Morgan fingerprint density at radius 3 is 2.57 bits per heavy atom. The molecule has 6 nitrogen and oxygen atoms in total. The Morgan fingerprint density at radius 2 is 2.00 bits per heavy atom. The molecule has 0 unspecified atom stereocenters. The molecule has 1 aromatic rings. The molecule has 0 spiro atoms. The number of carboxylic acid groups (broad SMARTS) is 1. The molecule has 1 aliphatic heterocycles. The van der Waals surface area contributed by atoms with Gasteiger partial charge in [0, 0.05) is 12.2 Å². The van der Waals surface area contributed by atoms with Crippen molar-refractivity contribution in [1.82, 2.24) is 4.90 Å². The summed E-state index contributed by atoms with van der Waals surface area (Å²) in [6.45, 7) is 5.52. The fourth-order valence-corrected chi connectivity index (χ4v) is 2.31. The van der Waals surface area contributed by atoms with Gasteiger partial charge in [-0.25, -0.2) is 4.79 Å². The van der Waals surface area contributed by atoms with Gasteiger partial charge in [0.05, 0.1) is 25.2 Å². The van der Waals surface area contributed by atoms with E-state index in [-0.39, 0.29) is 18.0 Å². The topological polar surface area (TPSA) is 78.9 Å². The van der Waals surface area contributed by atoms with Crippen LogP contribution in [0.3, 0.4) is 0 Å². The number of morpholine rings is 1. The number of amides is 2. The van der Waals surface area contributed by atoms with Gasteiger partial charge in [-0.1, -0.05) is 12.1 Å². The Balaban J connectivity index is 2.00. The quantitative estimate of drug-likeness (QED) is 0.892. The number of carboxylic acids is 1. The molecule has 0 bridgehead atoms. The fraction of sp³-hybridized carbons (Fsp3) is 0.467. The van der Waals surface area contributed by atoms with Crippen LogP contribution < -0.4 is 5.32 Å². The second-order valence-corrected chi connectivity index (χ2v) is 5.71. The van der Waals surface area contributed by atoms with E-state index in [0.29, 0.717) is 31.0 Å². The third-order valence-corrected chi connectivity index (χ3v) is 3.45. The SMILES string of the molecule is CC1(C)COCCN1C(=O)Nc1ccc(CC(=O)O)cc1. The van der Waals surface area contributed by atoms with E-state index >= 15 is 0 Å². The van der Waals surface area contributed by atoms with E-state index in [0.717, 1.165) is 0 Å². The maximum absolute atomic E-state index is 12.3. The Labute approximate surface area is 123 Å². The molecule has 2 rings (SSSR count). The third kappa shape index (κ3) is 3.95. The molecule has 114 valence electrons. The third-order valence-electron chi connectivity index (χ3n) is 3.45. The van der Waals surface area contributed by atoms with Crippen LogP contribution >= 0.6 is 0 Å². The lowest BCUT2D eigenvalue weighted by molar-refractivity contribution is -0.136. The Kier molecular flexibility index (Phi) is 4.47. The van der Waals surface area contributed by atoms with Crippen molar-refractivity contribution in [2.24, 2.45) is 0 Å². The van der Waals surface area contributed by atoms with Gasteiger partial charge in [0.25, 0.3) is 0 Å². The number of nitrogens with one attached hydrogen (secondary N) is 1. The fourth-order valence-electron chi connectivity index (χ4n) is 2.31. The normalized spacial score (nSPS) is 17.3.